The number of hydrogen-bond acceptors (Lipinski definition) is 4. The fourth-order valence-electron chi connectivity index (χ4n) is 2.41. The first kappa shape index (κ1) is 18.4. The van der Waals surface area contributed by atoms with Crippen LogP contribution in [0, 0.1) is 31.3 Å². The van der Waals surface area contributed by atoms with Crippen LogP contribution < -0.4 is 10.6 Å². The molecule has 27 heavy (non-hydrogen) atoms. The Morgan fingerprint density at radius 1 is 0.926 bits per heavy atom. The van der Waals surface area contributed by atoms with E-state index >= 15 is 0 Å². The van der Waals surface area contributed by atoms with E-state index in [4.69, 9.17) is 0 Å². The van der Waals surface area contributed by atoms with E-state index in [1.165, 1.54) is 12.4 Å². The molecule has 2 aromatic carbocycles. The summed E-state index contributed by atoms with van der Waals surface area (Å²) in [5.74, 6) is -4.63. The van der Waals surface area contributed by atoms with Crippen molar-refractivity contribution in [1.29, 1.82) is 0 Å². The largest absolute Gasteiger partial charge is 0.336 e. The molecule has 0 fully saturated rings. The van der Waals surface area contributed by atoms with Gasteiger partial charge < -0.3 is 10.6 Å². The van der Waals surface area contributed by atoms with Gasteiger partial charge in [0.05, 0.1) is 18.1 Å². The Morgan fingerprint density at radius 3 is 2.33 bits per heavy atom. The smallest absolute Gasteiger partial charge is 0.275 e. The van der Waals surface area contributed by atoms with Gasteiger partial charge in [-0.3, -0.25) is 4.79 Å². The summed E-state index contributed by atoms with van der Waals surface area (Å²) in [7, 11) is 0. The van der Waals surface area contributed by atoms with Crippen LogP contribution in [0.4, 0.5) is 30.4 Å². The van der Waals surface area contributed by atoms with Gasteiger partial charge >= 0.3 is 0 Å². The number of benzene rings is 2. The highest BCUT2D eigenvalue weighted by Gasteiger charge is 2.15. The second-order valence-corrected chi connectivity index (χ2v) is 5.91. The number of hydrogen-bond donors (Lipinski definition) is 2. The maximum absolute atomic E-state index is 13.7. The molecule has 1 aromatic heterocycles. The van der Waals surface area contributed by atoms with Crippen LogP contribution in [0.5, 0.6) is 0 Å². The predicted molar refractivity (Wildman–Crippen MR) is 95.5 cm³/mol. The standard InChI is InChI=1S/C19H15F3N4O/c1-10-3-5-13(11(2)7-10)26-19(27)15-8-24-16(9-23-15)25-14-6-4-12(20)17(21)18(14)22/h3-9H,1-2H3,(H,24,25)(H,26,27). The molecule has 1 amide bonds. The van der Waals surface area contributed by atoms with E-state index in [-0.39, 0.29) is 17.2 Å². The molecule has 0 saturated carbocycles. The third kappa shape index (κ3) is 4.05. The first-order valence-electron chi connectivity index (χ1n) is 7.96. The van der Waals surface area contributed by atoms with Crippen molar-refractivity contribution in [2.75, 3.05) is 10.6 Å². The molecule has 1 heterocycles. The highest BCUT2D eigenvalue weighted by atomic mass is 19.2. The van der Waals surface area contributed by atoms with Gasteiger partial charge in [-0.05, 0) is 37.6 Å². The number of amides is 1. The number of aromatic nitrogens is 2. The molecule has 0 atom stereocenters. The van der Waals surface area contributed by atoms with Gasteiger partial charge in [0.15, 0.2) is 17.5 Å². The molecule has 2 N–H and O–H groups in total. The Bertz CT molecular complexity index is 1010. The normalized spacial score (nSPS) is 10.6. The third-order valence-corrected chi connectivity index (χ3v) is 3.81. The Kier molecular flexibility index (Phi) is 5.07. The Labute approximate surface area is 153 Å². The van der Waals surface area contributed by atoms with Gasteiger partial charge in [0.25, 0.3) is 5.91 Å². The maximum atomic E-state index is 13.7. The van der Waals surface area contributed by atoms with Crippen molar-refractivity contribution >= 4 is 23.1 Å². The zero-order valence-corrected chi connectivity index (χ0v) is 14.5. The SMILES string of the molecule is Cc1ccc(NC(=O)c2cnc(Nc3ccc(F)c(F)c3F)cn2)c(C)c1. The van der Waals surface area contributed by atoms with Gasteiger partial charge in [0.2, 0.25) is 0 Å². The number of rotatable bonds is 4. The minimum atomic E-state index is -1.59. The average molecular weight is 372 g/mol. The number of carbonyl (C=O) groups excluding carboxylic acids is 1. The summed E-state index contributed by atoms with van der Waals surface area (Å²) in [6.45, 7) is 3.82. The van der Waals surface area contributed by atoms with Crippen molar-refractivity contribution in [3.05, 3.63) is 77.0 Å². The van der Waals surface area contributed by atoms with Gasteiger partial charge in [-0.1, -0.05) is 17.7 Å². The number of halogens is 3. The van der Waals surface area contributed by atoms with E-state index in [0.717, 1.165) is 23.3 Å². The van der Waals surface area contributed by atoms with Crippen LogP contribution in [0.2, 0.25) is 0 Å². The minimum absolute atomic E-state index is 0.0475. The molecule has 3 aromatic rings. The zero-order chi connectivity index (χ0) is 19.6. The highest BCUT2D eigenvalue weighted by molar-refractivity contribution is 6.03. The number of aryl methyl sites for hydroxylation is 2. The first-order chi connectivity index (χ1) is 12.8. The Morgan fingerprint density at radius 2 is 1.67 bits per heavy atom. The second-order valence-electron chi connectivity index (χ2n) is 5.91. The molecular formula is C19H15F3N4O. The molecule has 0 bridgehead atoms. The molecule has 8 heteroatoms. The van der Waals surface area contributed by atoms with E-state index in [9.17, 15) is 18.0 Å². The molecule has 0 unspecified atom stereocenters. The summed E-state index contributed by atoms with van der Waals surface area (Å²) >= 11 is 0. The molecule has 0 saturated heterocycles. The van der Waals surface area contributed by atoms with Crippen LogP contribution in [0.3, 0.4) is 0 Å². The van der Waals surface area contributed by atoms with Gasteiger partial charge in [0, 0.05) is 5.69 Å². The summed E-state index contributed by atoms with van der Waals surface area (Å²) in [6, 6.07) is 7.43. The molecule has 0 radical (unpaired) electrons. The lowest BCUT2D eigenvalue weighted by Gasteiger charge is -2.10. The molecular weight excluding hydrogens is 357 g/mol. The number of carbonyl (C=O) groups is 1. The fourth-order valence-corrected chi connectivity index (χ4v) is 2.41. The van der Waals surface area contributed by atoms with Crippen LogP contribution >= 0.6 is 0 Å². The summed E-state index contributed by atoms with van der Waals surface area (Å²) in [5.41, 5.74) is 2.38. The van der Waals surface area contributed by atoms with Crippen molar-refractivity contribution in [3.63, 3.8) is 0 Å². The van der Waals surface area contributed by atoms with Crippen LogP contribution in [0.1, 0.15) is 21.6 Å². The fraction of sp³-hybridized carbons (Fsp3) is 0.105. The lowest BCUT2D eigenvalue weighted by molar-refractivity contribution is 0.102. The molecule has 138 valence electrons. The molecule has 5 nitrogen and oxygen atoms in total. The monoisotopic (exact) mass is 372 g/mol. The summed E-state index contributed by atoms with van der Waals surface area (Å²) < 4.78 is 39.9. The van der Waals surface area contributed by atoms with E-state index in [1.807, 2.05) is 26.0 Å². The first-order valence-corrected chi connectivity index (χ1v) is 7.96. The van der Waals surface area contributed by atoms with Crippen LogP contribution in [0.25, 0.3) is 0 Å². The lowest BCUT2D eigenvalue weighted by atomic mass is 10.1. The Balaban J connectivity index is 1.73. The van der Waals surface area contributed by atoms with E-state index < -0.39 is 23.4 Å². The highest BCUT2D eigenvalue weighted by Crippen LogP contribution is 2.22. The third-order valence-electron chi connectivity index (χ3n) is 3.81. The molecule has 0 aliphatic rings. The number of nitrogens with zero attached hydrogens (tertiary/aromatic N) is 2. The van der Waals surface area contributed by atoms with Crippen molar-refractivity contribution in [3.8, 4) is 0 Å². The van der Waals surface area contributed by atoms with Gasteiger partial charge in [0.1, 0.15) is 11.5 Å². The van der Waals surface area contributed by atoms with Crippen LogP contribution in [-0.2, 0) is 0 Å². The number of nitrogens with one attached hydrogen (secondary N) is 2. The predicted octanol–water partition coefficient (Wildman–Crippen LogP) is 4.51. The maximum Gasteiger partial charge on any atom is 0.275 e. The zero-order valence-electron chi connectivity index (χ0n) is 14.5. The molecule has 0 spiro atoms. The van der Waals surface area contributed by atoms with Crippen molar-refractivity contribution < 1.29 is 18.0 Å². The topological polar surface area (TPSA) is 66.9 Å². The van der Waals surface area contributed by atoms with Crippen LogP contribution in [-0.4, -0.2) is 15.9 Å². The number of anilines is 3. The van der Waals surface area contributed by atoms with Gasteiger partial charge in [-0.15, -0.1) is 0 Å². The van der Waals surface area contributed by atoms with Crippen molar-refractivity contribution in [2.24, 2.45) is 0 Å². The summed E-state index contributed by atoms with van der Waals surface area (Å²) in [4.78, 5) is 20.2. The van der Waals surface area contributed by atoms with Gasteiger partial charge in [-0.25, -0.2) is 23.1 Å². The Hall–Kier alpha value is -3.42. The quantitative estimate of drug-likeness (QED) is 0.662. The summed E-state index contributed by atoms with van der Waals surface area (Å²) in [6.07, 6.45) is 2.39. The van der Waals surface area contributed by atoms with Crippen molar-refractivity contribution in [1.82, 2.24) is 9.97 Å². The minimum Gasteiger partial charge on any atom is -0.336 e. The van der Waals surface area contributed by atoms with Gasteiger partial charge in [-0.2, -0.15) is 0 Å². The van der Waals surface area contributed by atoms with Crippen molar-refractivity contribution in [2.45, 2.75) is 13.8 Å². The average Bonchev–Trinajstić information content (AvgIpc) is 2.65. The lowest BCUT2D eigenvalue weighted by Crippen LogP contribution is -2.15. The van der Waals surface area contributed by atoms with E-state index in [2.05, 4.69) is 20.6 Å². The molecule has 0 aliphatic heterocycles. The van der Waals surface area contributed by atoms with E-state index in [0.29, 0.717) is 5.69 Å². The van der Waals surface area contributed by atoms with Crippen LogP contribution in [0.15, 0.2) is 42.7 Å². The molecule has 3 rings (SSSR count). The second kappa shape index (κ2) is 7.45. The van der Waals surface area contributed by atoms with E-state index in [1.54, 1.807) is 6.07 Å². The summed E-state index contributed by atoms with van der Waals surface area (Å²) in [5, 5.41) is 5.22. The molecule has 0 aliphatic carbocycles.